The van der Waals surface area contributed by atoms with Crippen LogP contribution < -0.4 is 10.3 Å². The van der Waals surface area contributed by atoms with Crippen molar-refractivity contribution in [2.75, 3.05) is 0 Å². The molecule has 0 bridgehead atoms. The van der Waals surface area contributed by atoms with E-state index < -0.39 is 20.1 Å². The Labute approximate surface area is 153 Å². The maximum Gasteiger partial charge on any atom is 0.294 e. The summed E-state index contributed by atoms with van der Waals surface area (Å²) in [5.74, 6) is 0. The van der Waals surface area contributed by atoms with Crippen molar-refractivity contribution < 1.29 is 21.4 Å². The monoisotopic (exact) mass is 396 g/mol. The zero-order valence-corrected chi connectivity index (χ0v) is 15.9. The fraction of sp³-hybridized carbons (Fsp3) is 0.176. The van der Waals surface area contributed by atoms with Gasteiger partial charge in [0.25, 0.3) is 20.1 Å². The molecule has 3 N–H and O–H groups in total. The van der Waals surface area contributed by atoms with Crippen molar-refractivity contribution in [1.29, 1.82) is 0 Å². The normalized spacial score (nSPS) is 12.8. The summed E-state index contributed by atoms with van der Waals surface area (Å²) in [5, 5.41) is 0. The molecule has 0 heterocycles. The van der Waals surface area contributed by atoms with Gasteiger partial charge in [-0.2, -0.15) is 8.42 Å². The summed E-state index contributed by atoms with van der Waals surface area (Å²) in [6.07, 6.45) is 2.21. The first-order chi connectivity index (χ1) is 12.1. The molecule has 0 atom stereocenters. The van der Waals surface area contributed by atoms with Crippen LogP contribution in [-0.2, 0) is 26.6 Å². The van der Waals surface area contributed by atoms with Crippen LogP contribution >= 0.6 is 0 Å². The second-order valence-electron chi connectivity index (χ2n) is 5.75. The number of rotatable bonds is 7. The fourth-order valence-corrected chi connectivity index (χ4v) is 3.43. The van der Waals surface area contributed by atoms with E-state index in [-0.39, 0.29) is 9.79 Å². The lowest BCUT2D eigenvalue weighted by Crippen LogP contribution is -2.36. The smallest absolute Gasteiger partial charge is 0.294 e. The number of hydrogen-bond acceptors (Lipinski definition) is 5. The highest BCUT2D eigenvalue weighted by Gasteiger charge is 2.13. The maximum absolute atomic E-state index is 12.2. The lowest BCUT2D eigenvalue weighted by molar-refractivity contribution is 0.483. The average Bonchev–Trinajstić information content (AvgIpc) is 2.58. The zero-order valence-electron chi connectivity index (χ0n) is 14.3. The van der Waals surface area contributed by atoms with Crippen molar-refractivity contribution in [1.82, 2.24) is 10.3 Å². The van der Waals surface area contributed by atoms with E-state index in [4.69, 9.17) is 4.55 Å². The molecule has 0 aromatic heterocycles. The third-order valence-electron chi connectivity index (χ3n) is 3.58. The lowest BCUT2D eigenvalue weighted by Gasteiger charge is -2.10. The lowest BCUT2D eigenvalue weighted by atomic mass is 10.1. The van der Waals surface area contributed by atoms with Gasteiger partial charge in [-0.15, -0.1) is 4.83 Å². The zero-order chi connectivity index (χ0) is 19.4. The SMILES string of the molecule is CC(=CCc1ccc(S(=O)(=O)O)cc1)NNS(=O)(=O)c1ccc(C)cc1. The first-order valence-electron chi connectivity index (χ1n) is 7.65. The Bertz CT molecular complexity index is 994. The summed E-state index contributed by atoms with van der Waals surface area (Å²) < 4.78 is 55.3. The van der Waals surface area contributed by atoms with Gasteiger partial charge in [-0.25, -0.2) is 8.42 Å². The predicted octanol–water partition coefficient (Wildman–Crippen LogP) is 2.17. The van der Waals surface area contributed by atoms with Gasteiger partial charge in [0.15, 0.2) is 0 Å². The molecule has 2 rings (SSSR count). The summed E-state index contributed by atoms with van der Waals surface area (Å²) in [6, 6.07) is 12.2. The van der Waals surface area contributed by atoms with E-state index in [1.165, 1.54) is 24.3 Å². The number of hydrogen-bond donors (Lipinski definition) is 3. The van der Waals surface area contributed by atoms with Gasteiger partial charge in [0.1, 0.15) is 0 Å². The van der Waals surface area contributed by atoms with Crippen molar-refractivity contribution in [3.8, 4) is 0 Å². The molecule has 0 aliphatic rings. The van der Waals surface area contributed by atoms with Gasteiger partial charge in [0.05, 0.1) is 9.79 Å². The highest BCUT2D eigenvalue weighted by atomic mass is 32.2. The van der Waals surface area contributed by atoms with E-state index in [0.29, 0.717) is 12.1 Å². The van der Waals surface area contributed by atoms with E-state index >= 15 is 0 Å². The highest BCUT2D eigenvalue weighted by Crippen LogP contribution is 2.12. The molecule has 140 valence electrons. The Kier molecular flexibility index (Phi) is 6.19. The number of sulfonamides is 1. The van der Waals surface area contributed by atoms with Crippen molar-refractivity contribution >= 4 is 20.1 Å². The summed E-state index contributed by atoms with van der Waals surface area (Å²) in [6.45, 7) is 3.57. The van der Waals surface area contributed by atoms with E-state index in [9.17, 15) is 16.8 Å². The molecule has 0 amide bonds. The molecule has 0 fully saturated rings. The largest absolute Gasteiger partial charge is 0.313 e. The van der Waals surface area contributed by atoms with Crippen LogP contribution in [0, 0.1) is 6.92 Å². The number of aryl methyl sites for hydroxylation is 1. The first-order valence-corrected chi connectivity index (χ1v) is 10.6. The standard InChI is InChI=1S/C17H20N2O5S2/c1-13-3-9-16(10-4-13)25(20,21)19-18-14(2)5-6-15-7-11-17(12-8-15)26(22,23)24/h3-5,7-12,18-19H,6H2,1-2H3,(H,22,23,24). The second-order valence-corrected chi connectivity index (χ2v) is 8.86. The molecule has 9 heteroatoms. The molecule has 7 nitrogen and oxygen atoms in total. The molecule has 2 aromatic rings. The number of benzene rings is 2. The van der Waals surface area contributed by atoms with Crippen LogP contribution in [0.3, 0.4) is 0 Å². The van der Waals surface area contributed by atoms with Gasteiger partial charge in [0, 0.05) is 5.70 Å². The molecule has 0 unspecified atom stereocenters. The van der Waals surface area contributed by atoms with Crippen molar-refractivity contribution in [2.24, 2.45) is 0 Å². The molecule has 2 aromatic carbocycles. The molecule has 0 spiro atoms. The van der Waals surface area contributed by atoms with Gasteiger partial charge in [-0.3, -0.25) is 4.55 Å². The van der Waals surface area contributed by atoms with Crippen molar-refractivity contribution in [3.63, 3.8) is 0 Å². The minimum absolute atomic E-state index is 0.157. The Balaban J connectivity index is 1.97. The summed E-state index contributed by atoms with van der Waals surface area (Å²) in [7, 11) is -7.88. The van der Waals surface area contributed by atoms with Crippen molar-refractivity contribution in [2.45, 2.75) is 30.1 Å². The highest BCUT2D eigenvalue weighted by molar-refractivity contribution is 7.89. The molecule has 0 aliphatic heterocycles. The Morgan fingerprint density at radius 1 is 0.962 bits per heavy atom. The molecule has 0 radical (unpaired) electrons. The molecular formula is C17H20N2O5S2. The number of nitrogens with one attached hydrogen (secondary N) is 2. The van der Waals surface area contributed by atoms with Gasteiger partial charge in [-0.1, -0.05) is 35.9 Å². The quantitative estimate of drug-likeness (QED) is 0.488. The minimum atomic E-state index is -4.21. The molecule has 26 heavy (non-hydrogen) atoms. The van der Waals surface area contributed by atoms with E-state index in [0.717, 1.165) is 11.1 Å². The Morgan fingerprint density at radius 3 is 2.04 bits per heavy atom. The van der Waals surface area contributed by atoms with Crippen LogP contribution in [0.2, 0.25) is 0 Å². The van der Waals surface area contributed by atoms with Gasteiger partial charge in [0.2, 0.25) is 0 Å². The Morgan fingerprint density at radius 2 is 1.50 bits per heavy atom. The van der Waals surface area contributed by atoms with Crippen LogP contribution in [-0.4, -0.2) is 21.4 Å². The topological polar surface area (TPSA) is 113 Å². The molecule has 0 saturated heterocycles. The number of allylic oxidation sites excluding steroid dienone is 2. The van der Waals surface area contributed by atoms with Crippen LogP contribution in [0.4, 0.5) is 0 Å². The number of hydrazine groups is 1. The fourth-order valence-electron chi connectivity index (χ4n) is 2.04. The van der Waals surface area contributed by atoms with Crippen molar-refractivity contribution in [3.05, 3.63) is 71.4 Å². The van der Waals surface area contributed by atoms with Gasteiger partial charge >= 0.3 is 0 Å². The molecule has 0 saturated carbocycles. The first kappa shape index (κ1) is 20.1. The maximum atomic E-state index is 12.2. The van der Waals surface area contributed by atoms with Gasteiger partial charge in [-0.05, 0) is 50.1 Å². The Hall–Kier alpha value is -2.20. The molecule has 0 aliphatic carbocycles. The minimum Gasteiger partial charge on any atom is -0.313 e. The van der Waals surface area contributed by atoms with Crippen LogP contribution in [0.5, 0.6) is 0 Å². The van der Waals surface area contributed by atoms with Crippen LogP contribution in [0.1, 0.15) is 18.1 Å². The average molecular weight is 396 g/mol. The van der Waals surface area contributed by atoms with E-state index in [1.54, 1.807) is 37.3 Å². The third-order valence-corrected chi connectivity index (χ3v) is 5.71. The second kappa shape index (κ2) is 8.00. The van der Waals surface area contributed by atoms with E-state index in [1.807, 2.05) is 6.92 Å². The van der Waals surface area contributed by atoms with Crippen LogP contribution in [0.25, 0.3) is 0 Å². The summed E-state index contributed by atoms with van der Waals surface area (Å²) in [4.78, 5) is 2.28. The van der Waals surface area contributed by atoms with Gasteiger partial charge < -0.3 is 5.43 Å². The summed E-state index contributed by atoms with van der Waals surface area (Å²) >= 11 is 0. The third kappa shape index (κ3) is 5.67. The van der Waals surface area contributed by atoms with Crippen LogP contribution in [0.15, 0.2) is 70.1 Å². The molecular weight excluding hydrogens is 376 g/mol. The summed E-state index contributed by atoms with van der Waals surface area (Å²) in [5.41, 5.74) is 4.98. The van der Waals surface area contributed by atoms with E-state index in [2.05, 4.69) is 10.3 Å². The predicted molar refractivity (Wildman–Crippen MR) is 98.4 cm³/mol.